The SMILES string of the molecule is CC1(C)CN(C(=O)c2cccc(O)c2C=O)[C@H](CCOc2cccc(O)c2C=O)CO1. The molecule has 31 heavy (non-hydrogen) atoms. The first-order valence-corrected chi connectivity index (χ1v) is 9.89. The van der Waals surface area contributed by atoms with Gasteiger partial charge in [0.2, 0.25) is 0 Å². The Labute approximate surface area is 180 Å². The molecule has 1 amide bonds. The van der Waals surface area contributed by atoms with E-state index in [1.54, 1.807) is 17.0 Å². The van der Waals surface area contributed by atoms with Gasteiger partial charge in [0.05, 0.1) is 41.5 Å². The minimum absolute atomic E-state index is 0.0535. The van der Waals surface area contributed by atoms with Gasteiger partial charge in [0.25, 0.3) is 5.91 Å². The average molecular weight is 427 g/mol. The third-order valence-electron chi connectivity index (χ3n) is 5.22. The Balaban J connectivity index is 1.78. The van der Waals surface area contributed by atoms with Gasteiger partial charge in [-0.1, -0.05) is 12.1 Å². The Morgan fingerprint density at radius 2 is 1.77 bits per heavy atom. The van der Waals surface area contributed by atoms with Crippen LogP contribution in [0.25, 0.3) is 0 Å². The molecule has 164 valence electrons. The highest BCUT2D eigenvalue weighted by atomic mass is 16.5. The molecule has 1 atom stereocenters. The quantitative estimate of drug-likeness (QED) is 0.653. The molecule has 1 fully saturated rings. The van der Waals surface area contributed by atoms with Gasteiger partial charge < -0.3 is 24.6 Å². The van der Waals surface area contributed by atoms with Crippen LogP contribution in [0.5, 0.6) is 17.2 Å². The fourth-order valence-corrected chi connectivity index (χ4v) is 3.57. The number of hydrogen-bond acceptors (Lipinski definition) is 7. The maximum atomic E-state index is 13.3. The number of nitrogens with zero attached hydrogens (tertiary/aromatic N) is 1. The van der Waals surface area contributed by atoms with E-state index in [4.69, 9.17) is 9.47 Å². The van der Waals surface area contributed by atoms with Crippen molar-refractivity contribution < 1.29 is 34.1 Å². The van der Waals surface area contributed by atoms with Gasteiger partial charge in [-0.15, -0.1) is 0 Å². The van der Waals surface area contributed by atoms with Crippen LogP contribution in [0.1, 0.15) is 51.3 Å². The molecule has 2 N–H and O–H groups in total. The van der Waals surface area contributed by atoms with Crippen LogP contribution in [0, 0.1) is 0 Å². The summed E-state index contributed by atoms with van der Waals surface area (Å²) in [5.74, 6) is -0.553. The fourth-order valence-electron chi connectivity index (χ4n) is 3.57. The molecule has 2 aromatic carbocycles. The number of benzene rings is 2. The minimum atomic E-state index is -0.582. The van der Waals surface area contributed by atoms with Crippen LogP contribution in [0.15, 0.2) is 36.4 Å². The first-order chi connectivity index (χ1) is 14.8. The van der Waals surface area contributed by atoms with E-state index in [0.717, 1.165) is 0 Å². The lowest BCUT2D eigenvalue weighted by molar-refractivity contribution is -0.105. The standard InChI is InChI=1S/C23H25NO7/c1-23(2)14-24(22(29)16-5-3-6-19(27)17(16)11-25)15(13-31-23)9-10-30-21-8-4-7-20(28)18(21)12-26/h3-8,11-12,15,27-28H,9-10,13-14H2,1-2H3/t15-/m1/s1. The Bertz CT molecular complexity index is 986. The number of amides is 1. The Kier molecular flexibility index (Phi) is 6.60. The van der Waals surface area contributed by atoms with Crippen molar-refractivity contribution in [2.45, 2.75) is 31.9 Å². The normalized spacial score (nSPS) is 17.7. The second-order valence-electron chi connectivity index (χ2n) is 7.96. The zero-order chi connectivity index (χ0) is 22.6. The maximum absolute atomic E-state index is 13.3. The van der Waals surface area contributed by atoms with Gasteiger partial charge in [-0.2, -0.15) is 0 Å². The van der Waals surface area contributed by atoms with E-state index in [1.165, 1.54) is 24.3 Å². The average Bonchev–Trinajstić information content (AvgIpc) is 2.74. The molecule has 0 aliphatic carbocycles. The molecular weight excluding hydrogens is 402 g/mol. The highest BCUT2D eigenvalue weighted by Crippen LogP contribution is 2.29. The van der Waals surface area contributed by atoms with Crippen molar-refractivity contribution in [3.63, 3.8) is 0 Å². The molecule has 0 unspecified atom stereocenters. The van der Waals surface area contributed by atoms with E-state index in [1.807, 2.05) is 13.8 Å². The van der Waals surface area contributed by atoms with Crippen molar-refractivity contribution in [1.29, 1.82) is 0 Å². The van der Waals surface area contributed by atoms with Crippen LogP contribution in [-0.2, 0) is 4.74 Å². The molecule has 0 aromatic heterocycles. The van der Waals surface area contributed by atoms with E-state index in [0.29, 0.717) is 19.0 Å². The van der Waals surface area contributed by atoms with Crippen LogP contribution in [0.4, 0.5) is 0 Å². The third kappa shape index (κ3) is 4.86. The van der Waals surface area contributed by atoms with Crippen LogP contribution in [0.2, 0.25) is 0 Å². The first-order valence-electron chi connectivity index (χ1n) is 9.89. The Morgan fingerprint density at radius 3 is 2.45 bits per heavy atom. The fraction of sp³-hybridized carbons (Fsp3) is 0.348. The lowest BCUT2D eigenvalue weighted by atomic mass is 9.99. The smallest absolute Gasteiger partial charge is 0.255 e. The summed E-state index contributed by atoms with van der Waals surface area (Å²) in [5, 5.41) is 19.7. The highest BCUT2D eigenvalue weighted by molar-refractivity contribution is 6.03. The summed E-state index contributed by atoms with van der Waals surface area (Å²) in [5.41, 5.74) is -0.454. The van der Waals surface area contributed by atoms with Crippen LogP contribution < -0.4 is 4.74 Å². The van der Waals surface area contributed by atoms with Crippen LogP contribution in [-0.4, -0.2) is 65.0 Å². The number of ether oxygens (including phenoxy) is 2. The zero-order valence-corrected chi connectivity index (χ0v) is 17.4. The molecule has 1 aliphatic heterocycles. The summed E-state index contributed by atoms with van der Waals surface area (Å²) in [4.78, 5) is 37.6. The predicted molar refractivity (Wildman–Crippen MR) is 112 cm³/mol. The molecule has 0 radical (unpaired) electrons. The second kappa shape index (κ2) is 9.18. The summed E-state index contributed by atoms with van der Waals surface area (Å²) in [7, 11) is 0. The third-order valence-corrected chi connectivity index (χ3v) is 5.22. The van der Waals surface area contributed by atoms with Gasteiger partial charge in [-0.3, -0.25) is 14.4 Å². The van der Waals surface area contributed by atoms with Gasteiger partial charge in [-0.25, -0.2) is 0 Å². The molecule has 8 heteroatoms. The number of carbonyl (C=O) groups excluding carboxylic acids is 3. The summed E-state index contributed by atoms with van der Waals surface area (Å²) < 4.78 is 11.6. The first kappa shape index (κ1) is 22.3. The van der Waals surface area contributed by atoms with Gasteiger partial charge in [-0.05, 0) is 38.1 Å². The number of aromatic hydroxyl groups is 2. The molecule has 0 saturated carbocycles. The molecule has 2 aromatic rings. The number of rotatable bonds is 7. The second-order valence-corrected chi connectivity index (χ2v) is 7.96. The largest absolute Gasteiger partial charge is 0.507 e. The Hall–Kier alpha value is -3.39. The van der Waals surface area contributed by atoms with Gasteiger partial charge in [0.1, 0.15) is 17.2 Å². The highest BCUT2D eigenvalue weighted by Gasteiger charge is 2.37. The van der Waals surface area contributed by atoms with E-state index >= 15 is 0 Å². The maximum Gasteiger partial charge on any atom is 0.255 e. The molecule has 3 rings (SSSR count). The number of carbonyl (C=O) groups is 3. The topological polar surface area (TPSA) is 113 Å². The number of hydrogen-bond donors (Lipinski definition) is 2. The van der Waals surface area contributed by atoms with E-state index < -0.39 is 5.60 Å². The zero-order valence-electron chi connectivity index (χ0n) is 17.4. The molecule has 0 bridgehead atoms. The van der Waals surface area contributed by atoms with Gasteiger partial charge in [0.15, 0.2) is 12.6 Å². The van der Waals surface area contributed by atoms with E-state index in [2.05, 4.69) is 0 Å². The van der Waals surface area contributed by atoms with Gasteiger partial charge >= 0.3 is 0 Å². The van der Waals surface area contributed by atoms with Crippen molar-refractivity contribution >= 4 is 18.5 Å². The van der Waals surface area contributed by atoms with Crippen LogP contribution >= 0.6 is 0 Å². The monoisotopic (exact) mass is 427 g/mol. The molecule has 1 aliphatic rings. The molecule has 1 saturated heterocycles. The summed E-state index contributed by atoms with van der Waals surface area (Å²) in [6.07, 6.45) is 1.38. The molecule has 1 heterocycles. The lowest BCUT2D eigenvalue weighted by Crippen LogP contribution is -2.56. The number of phenols is 2. The van der Waals surface area contributed by atoms with E-state index in [9.17, 15) is 24.6 Å². The van der Waals surface area contributed by atoms with Crippen molar-refractivity contribution in [1.82, 2.24) is 4.90 Å². The van der Waals surface area contributed by atoms with Crippen molar-refractivity contribution in [3.8, 4) is 17.2 Å². The molecular formula is C23H25NO7. The lowest BCUT2D eigenvalue weighted by Gasteiger charge is -2.44. The number of aldehydes is 2. The van der Waals surface area contributed by atoms with E-state index in [-0.39, 0.29) is 65.6 Å². The summed E-state index contributed by atoms with van der Waals surface area (Å²) in [6, 6.07) is 8.58. The molecule has 8 nitrogen and oxygen atoms in total. The van der Waals surface area contributed by atoms with Gasteiger partial charge in [0, 0.05) is 13.0 Å². The minimum Gasteiger partial charge on any atom is -0.507 e. The number of morpholine rings is 1. The number of phenolic OH excluding ortho intramolecular Hbond substituents is 2. The molecule has 0 spiro atoms. The van der Waals surface area contributed by atoms with Crippen molar-refractivity contribution in [2.24, 2.45) is 0 Å². The Morgan fingerprint density at radius 1 is 1.13 bits per heavy atom. The summed E-state index contributed by atoms with van der Waals surface area (Å²) in [6.45, 7) is 4.45. The predicted octanol–water partition coefficient (Wildman–Crippen LogP) is 2.81. The van der Waals surface area contributed by atoms with Crippen molar-refractivity contribution in [2.75, 3.05) is 19.8 Å². The van der Waals surface area contributed by atoms with Crippen molar-refractivity contribution in [3.05, 3.63) is 53.1 Å². The summed E-state index contributed by atoms with van der Waals surface area (Å²) >= 11 is 0. The van der Waals surface area contributed by atoms with Crippen LogP contribution in [0.3, 0.4) is 0 Å².